The Morgan fingerprint density at radius 3 is 2.57 bits per heavy atom. The first kappa shape index (κ1) is 16.7. The van der Waals surface area contributed by atoms with Crippen molar-refractivity contribution >= 4 is 17.3 Å². The molecule has 0 spiro atoms. The highest BCUT2D eigenvalue weighted by molar-refractivity contribution is 5.67. The van der Waals surface area contributed by atoms with Crippen molar-refractivity contribution in [2.24, 2.45) is 5.92 Å². The molecule has 0 radical (unpaired) electrons. The number of nitrogens with one attached hydrogen (secondary N) is 1. The summed E-state index contributed by atoms with van der Waals surface area (Å²) in [5.74, 6) is -1.31. The lowest BCUT2D eigenvalue weighted by Gasteiger charge is -2.13. The van der Waals surface area contributed by atoms with Crippen LogP contribution in [-0.4, -0.2) is 22.5 Å². The van der Waals surface area contributed by atoms with Gasteiger partial charge in [0.05, 0.1) is 4.92 Å². The Morgan fingerprint density at radius 1 is 1.48 bits per heavy atom. The fourth-order valence-corrected chi connectivity index (χ4v) is 1.69. The van der Waals surface area contributed by atoms with Crippen LogP contribution in [0, 0.1) is 16.0 Å². The van der Waals surface area contributed by atoms with Crippen LogP contribution in [0.4, 0.5) is 24.5 Å². The molecule has 0 fully saturated rings. The molecule has 21 heavy (non-hydrogen) atoms. The lowest BCUT2D eigenvalue weighted by molar-refractivity contribution is -0.388. The predicted octanol–water partition coefficient (Wildman–Crippen LogP) is 3.14. The molecule has 116 valence electrons. The van der Waals surface area contributed by atoms with Crippen molar-refractivity contribution in [1.29, 1.82) is 0 Å². The summed E-state index contributed by atoms with van der Waals surface area (Å²) < 4.78 is 38.2. The number of benzene rings is 1. The molecule has 1 aromatic rings. The minimum atomic E-state index is -4.84. The van der Waals surface area contributed by atoms with E-state index in [1.807, 2.05) is 0 Å². The largest absolute Gasteiger partial charge is 0.481 e. The summed E-state index contributed by atoms with van der Waals surface area (Å²) in [5, 5.41) is 21.8. The number of rotatable bonds is 6. The van der Waals surface area contributed by atoms with Crippen molar-refractivity contribution in [1.82, 2.24) is 0 Å². The van der Waals surface area contributed by atoms with E-state index in [-0.39, 0.29) is 24.6 Å². The molecule has 0 aliphatic heterocycles. The minimum Gasteiger partial charge on any atom is -0.481 e. The first-order valence-electron chi connectivity index (χ1n) is 5.92. The van der Waals surface area contributed by atoms with Crippen LogP contribution >= 0.6 is 0 Å². The molecule has 1 unspecified atom stereocenters. The zero-order chi connectivity index (χ0) is 16.2. The van der Waals surface area contributed by atoms with Crippen LogP contribution < -0.4 is 5.32 Å². The van der Waals surface area contributed by atoms with E-state index in [1.54, 1.807) is 6.92 Å². The van der Waals surface area contributed by atoms with E-state index in [0.717, 1.165) is 12.1 Å². The third-order valence-electron chi connectivity index (χ3n) is 2.68. The van der Waals surface area contributed by atoms with Gasteiger partial charge < -0.3 is 10.4 Å². The molecule has 0 aliphatic rings. The molecule has 0 bridgehead atoms. The topological polar surface area (TPSA) is 92.5 Å². The third kappa shape index (κ3) is 4.93. The van der Waals surface area contributed by atoms with E-state index in [9.17, 15) is 28.1 Å². The molecule has 0 saturated carbocycles. The van der Waals surface area contributed by atoms with Gasteiger partial charge in [0, 0.05) is 24.7 Å². The van der Waals surface area contributed by atoms with Crippen LogP contribution in [0.25, 0.3) is 0 Å². The van der Waals surface area contributed by atoms with Crippen molar-refractivity contribution in [3.8, 4) is 0 Å². The van der Waals surface area contributed by atoms with Gasteiger partial charge in [-0.15, -0.1) is 0 Å². The summed E-state index contributed by atoms with van der Waals surface area (Å²) in [7, 11) is 0. The number of hydrogen-bond acceptors (Lipinski definition) is 4. The molecule has 0 aliphatic carbocycles. The number of hydrogen-bond donors (Lipinski definition) is 2. The van der Waals surface area contributed by atoms with Crippen LogP contribution in [0.5, 0.6) is 0 Å². The number of alkyl halides is 3. The Balaban J connectivity index is 2.91. The van der Waals surface area contributed by atoms with Crippen LogP contribution in [0.1, 0.15) is 18.9 Å². The normalized spacial score (nSPS) is 12.8. The zero-order valence-corrected chi connectivity index (χ0v) is 11.0. The smallest absolute Gasteiger partial charge is 0.423 e. The quantitative estimate of drug-likeness (QED) is 0.622. The molecule has 0 saturated heterocycles. The van der Waals surface area contributed by atoms with Crippen LogP contribution in [-0.2, 0) is 11.0 Å². The van der Waals surface area contributed by atoms with Gasteiger partial charge in [-0.1, -0.05) is 6.92 Å². The highest BCUT2D eigenvalue weighted by Gasteiger charge is 2.38. The second kappa shape index (κ2) is 6.42. The first-order chi connectivity index (χ1) is 9.61. The van der Waals surface area contributed by atoms with Crippen molar-refractivity contribution in [3.63, 3.8) is 0 Å². The monoisotopic (exact) mass is 306 g/mol. The molecule has 0 heterocycles. The number of carbonyl (C=O) groups is 1. The van der Waals surface area contributed by atoms with Gasteiger partial charge in [-0.3, -0.25) is 14.9 Å². The third-order valence-corrected chi connectivity index (χ3v) is 2.68. The maximum Gasteiger partial charge on any atom is 0.423 e. The van der Waals surface area contributed by atoms with E-state index >= 15 is 0 Å². The van der Waals surface area contributed by atoms with Gasteiger partial charge >= 0.3 is 12.1 Å². The number of anilines is 1. The first-order valence-corrected chi connectivity index (χ1v) is 5.92. The van der Waals surface area contributed by atoms with E-state index in [2.05, 4.69) is 5.32 Å². The van der Waals surface area contributed by atoms with E-state index in [0.29, 0.717) is 6.07 Å². The highest BCUT2D eigenvalue weighted by Crippen LogP contribution is 2.37. The van der Waals surface area contributed by atoms with E-state index < -0.39 is 28.3 Å². The lowest BCUT2D eigenvalue weighted by atomic mass is 10.1. The number of nitrogens with zero attached hydrogens (tertiary/aromatic N) is 1. The molecule has 2 N–H and O–H groups in total. The van der Waals surface area contributed by atoms with Gasteiger partial charge in [-0.2, -0.15) is 13.2 Å². The van der Waals surface area contributed by atoms with Crippen molar-refractivity contribution < 1.29 is 28.0 Å². The van der Waals surface area contributed by atoms with Gasteiger partial charge in [0.1, 0.15) is 5.56 Å². The van der Waals surface area contributed by atoms with Gasteiger partial charge in [-0.25, -0.2) is 0 Å². The zero-order valence-electron chi connectivity index (χ0n) is 11.0. The predicted molar refractivity (Wildman–Crippen MR) is 68.0 cm³/mol. The summed E-state index contributed by atoms with van der Waals surface area (Å²) in [5.41, 5.74) is -2.32. The number of carboxylic acid groups (broad SMARTS) is 1. The van der Waals surface area contributed by atoms with E-state index in [1.165, 1.54) is 0 Å². The molecule has 1 atom stereocenters. The summed E-state index contributed by atoms with van der Waals surface area (Å²) in [6.07, 6.45) is -4.97. The molecule has 1 rings (SSSR count). The van der Waals surface area contributed by atoms with Gasteiger partial charge in [0.2, 0.25) is 0 Å². The Labute approximate surface area is 117 Å². The Morgan fingerprint density at radius 2 is 2.10 bits per heavy atom. The average molecular weight is 306 g/mol. The molecular formula is C12H13F3N2O4. The average Bonchev–Trinajstić information content (AvgIpc) is 2.34. The maximum absolute atomic E-state index is 12.7. The van der Waals surface area contributed by atoms with Gasteiger partial charge in [0.15, 0.2) is 0 Å². The van der Waals surface area contributed by atoms with Crippen LogP contribution in [0.2, 0.25) is 0 Å². The number of halogens is 3. The molecule has 0 amide bonds. The molecule has 1 aromatic carbocycles. The Bertz CT molecular complexity index is 546. The number of nitro benzene ring substituents is 1. The van der Waals surface area contributed by atoms with Crippen LogP contribution in [0.3, 0.4) is 0 Å². The lowest BCUT2D eigenvalue weighted by Crippen LogP contribution is -2.16. The number of nitro groups is 1. The minimum absolute atomic E-state index is 0.0464. The number of aliphatic carboxylic acids is 1. The molecular weight excluding hydrogens is 293 g/mol. The van der Waals surface area contributed by atoms with Crippen molar-refractivity contribution in [2.45, 2.75) is 19.5 Å². The van der Waals surface area contributed by atoms with Gasteiger partial charge in [-0.05, 0) is 18.1 Å². The maximum atomic E-state index is 12.7. The molecule has 0 aromatic heterocycles. The van der Waals surface area contributed by atoms with Crippen molar-refractivity contribution in [3.05, 3.63) is 33.9 Å². The SMILES string of the molecule is CC(CNc1ccc([N+](=O)[O-])c(C(F)(F)F)c1)CC(=O)O. The fraction of sp³-hybridized carbons (Fsp3) is 0.417. The second-order valence-corrected chi connectivity index (χ2v) is 4.57. The summed E-state index contributed by atoms with van der Waals surface area (Å²) in [4.78, 5) is 20.0. The Hall–Kier alpha value is -2.32. The second-order valence-electron chi connectivity index (χ2n) is 4.57. The van der Waals surface area contributed by atoms with Crippen molar-refractivity contribution in [2.75, 3.05) is 11.9 Å². The number of carboxylic acids is 1. The van der Waals surface area contributed by atoms with Gasteiger partial charge in [0.25, 0.3) is 5.69 Å². The summed E-state index contributed by atoms with van der Waals surface area (Å²) >= 11 is 0. The molecule has 6 nitrogen and oxygen atoms in total. The summed E-state index contributed by atoms with van der Waals surface area (Å²) in [6.45, 7) is 1.76. The molecule has 9 heteroatoms. The summed E-state index contributed by atoms with van der Waals surface area (Å²) in [6, 6.07) is 2.57. The van der Waals surface area contributed by atoms with Crippen LogP contribution in [0.15, 0.2) is 18.2 Å². The fourth-order valence-electron chi connectivity index (χ4n) is 1.69. The van der Waals surface area contributed by atoms with E-state index in [4.69, 9.17) is 5.11 Å². The Kier molecular flexibility index (Phi) is 5.12. The highest BCUT2D eigenvalue weighted by atomic mass is 19.4. The standard InChI is InChI=1S/C12H13F3N2O4/c1-7(4-11(18)19)6-16-8-2-3-10(17(20)21)9(5-8)12(13,14)15/h2-3,5,7,16H,4,6H2,1H3,(H,18,19).